The first-order valence-corrected chi connectivity index (χ1v) is 14.9. The van der Waals surface area contributed by atoms with Crippen molar-refractivity contribution in [3.8, 4) is 28.4 Å². The van der Waals surface area contributed by atoms with Crippen LogP contribution in [0.4, 0.5) is 5.69 Å². The average Bonchev–Trinajstić information content (AvgIpc) is 3.13. The van der Waals surface area contributed by atoms with Crippen molar-refractivity contribution in [3.63, 3.8) is 0 Å². The lowest BCUT2D eigenvalue weighted by molar-refractivity contribution is -0.138. The zero-order valence-electron chi connectivity index (χ0n) is 25.6. The molecule has 48 heavy (non-hydrogen) atoms. The highest BCUT2D eigenvalue weighted by molar-refractivity contribution is 6.11. The number of ether oxygens (including phenoxy) is 4. The second kappa shape index (κ2) is 14.1. The van der Waals surface area contributed by atoms with Gasteiger partial charge in [-0.1, -0.05) is 91.5 Å². The molecule has 6 aromatic carbocycles. The minimum absolute atomic E-state index is 0.0549. The molecule has 0 fully saturated rings. The highest BCUT2D eigenvalue weighted by Gasteiger charge is 2.23. The van der Waals surface area contributed by atoms with E-state index in [1.165, 1.54) is 0 Å². The summed E-state index contributed by atoms with van der Waals surface area (Å²) in [7, 11) is 0. The number of rotatable bonds is 10. The Morgan fingerprint density at radius 3 is 1.62 bits per heavy atom. The van der Waals surface area contributed by atoms with Gasteiger partial charge in [0.15, 0.2) is 5.69 Å². The molecule has 0 saturated heterocycles. The van der Waals surface area contributed by atoms with E-state index in [1.807, 2.05) is 60.7 Å². The zero-order chi connectivity index (χ0) is 33.5. The zero-order valence-corrected chi connectivity index (χ0v) is 25.6. The van der Waals surface area contributed by atoms with Crippen LogP contribution in [-0.4, -0.2) is 31.1 Å². The molecule has 0 unspecified atom stereocenters. The Hall–Kier alpha value is -6.72. The molecule has 0 aromatic heterocycles. The van der Waals surface area contributed by atoms with Crippen LogP contribution in [0.25, 0.3) is 37.5 Å². The molecule has 0 aliphatic heterocycles. The Morgan fingerprint density at radius 1 is 0.625 bits per heavy atom. The van der Waals surface area contributed by atoms with Crippen molar-refractivity contribution in [1.29, 1.82) is 0 Å². The second-order valence-corrected chi connectivity index (χ2v) is 10.5. The van der Waals surface area contributed by atoms with Crippen LogP contribution in [0.15, 0.2) is 134 Å². The third-order valence-electron chi connectivity index (χ3n) is 7.52. The van der Waals surface area contributed by atoms with Gasteiger partial charge in [-0.3, -0.25) is 0 Å². The van der Waals surface area contributed by atoms with Crippen LogP contribution in [0.5, 0.6) is 17.2 Å². The number of nitrogens with zero attached hydrogens (tertiary/aromatic N) is 1. The Labute approximate surface area is 276 Å². The molecule has 8 heteroatoms. The Bertz CT molecular complexity index is 2210. The number of fused-ring (bicyclic) bond motifs is 2. The predicted octanol–water partition coefficient (Wildman–Crippen LogP) is 8.76. The van der Waals surface area contributed by atoms with E-state index in [1.54, 1.807) is 60.7 Å². The van der Waals surface area contributed by atoms with E-state index in [0.717, 1.165) is 27.6 Å². The lowest BCUT2D eigenvalue weighted by atomic mass is 9.92. The summed E-state index contributed by atoms with van der Waals surface area (Å²) in [5.41, 5.74) is 2.15. The molecule has 0 radical (unpaired) electrons. The van der Waals surface area contributed by atoms with Crippen LogP contribution in [0.2, 0.25) is 0 Å². The van der Waals surface area contributed by atoms with Gasteiger partial charge in [-0.15, -0.1) is 0 Å². The standard InChI is InChI=1S/C40H27NO7/c1-3-36(42)46-25-24-45-31-20-14-29(15-21-31)40(44)48-35-23-17-27-9-5-7-11-33(27)38(35)37-32-10-6-4-8-26(32)16-22-34(37)47-39(43)28-12-18-30(41-2)19-13-28/h3-23H,1,24-25H2. The minimum Gasteiger partial charge on any atom is -0.490 e. The minimum atomic E-state index is -0.600. The van der Waals surface area contributed by atoms with E-state index in [-0.39, 0.29) is 35.8 Å². The molecular formula is C40H27NO7. The molecule has 6 rings (SSSR count). The fraction of sp³-hybridized carbons (Fsp3) is 0.0500. The Morgan fingerprint density at radius 2 is 1.12 bits per heavy atom. The molecular weight excluding hydrogens is 606 g/mol. The van der Waals surface area contributed by atoms with Gasteiger partial charge in [0, 0.05) is 17.2 Å². The van der Waals surface area contributed by atoms with Crippen molar-refractivity contribution in [2.45, 2.75) is 0 Å². The third-order valence-corrected chi connectivity index (χ3v) is 7.52. The van der Waals surface area contributed by atoms with Gasteiger partial charge in [-0.2, -0.15) is 0 Å². The topological polar surface area (TPSA) is 92.5 Å². The summed E-state index contributed by atoms with van der Waals surface area (Å²) in [6, 6.07) is 35.2. The summed E-state index contributed by atoms with van der Waals surface area (Å²) in [4.78, 5) is 41.5. The number of hydrogen-bond donors (Lipinski definition) is 0. The van der Waals surface area contributed by atoms with E-state index in [2.05, 4.69) is 11.4 Å². The first-order chi connectivity index (χ1) is 23.4. The average molecular weight is 634 g/mol. The lowest BCUT2D eigenvalue weighted by Crippen LogP contribution is -2.12. The van der Waals surface area contributed by atoms with E-state index in [9.17, 15) is 14.4 Å². The van der Waals surface area contributed by atoms with Gasteiger partial charge in [0.05, 0.1) is 17.7 Å². The van der Waals surface area contributed by atoms with Crippen molar-refractivity contribution in [3.05, 3.63) is 157 Å². The predicted molar refractivity (Wildman–Crippen MR) is 183 cm³/mol. The maximum atomic E-state index is 13.5. The summed E-state index contributed by atoms with van der Waals surface area (Å²) < 4.78 is 22.6. The van der Waals surface area contributed by atoms with Crippen LogP contribution in [0, 0.1) is 6.57 Å². The van der Waals surface area contributed by atoms with Gasteiger partial charge in [0.1, 0.15) is 30.5 Å². The SMILES string of the molecule is [C-]#[N+]c1ccc(C(=O)Oc2ccc3ccccc3c2-c2c(OC(=O)c3ccc(OCCOC(=O)C=C)cc3)ccc3ccccc23)cc1. The number of carbonyl (C=O) groups excluding carboxylic acids is 3. The summed E-state index contributed by atoms with van der Waals surface area (Å²) >= 11 is 0. The number of benzene rings is 6. The lowest BCUT2D eigenvalue weighted by Gasteiger charge is -2.19. The molecule has 6 aromatic rings. The first-order valence-electron chi connectivity index (χ1n) is 14.9. The van der Waals surface area contributed by atoms with Crippen molar-refractivity contribution < 1.29 is 33.3 Å². The Kier molecular flexibility index (Phi) is 9.22. The van der Waals surface area contributed by atoms with Crippen LogP contribution in [0.3, 0.4) is 0 Å². The normalized spacial score (nSPS) is 10.6. The van der Waals surface area contributed by atoms with E-state index in [4.69, 9.17) is 25.5 Å². The van der Waals surface area contributed by atoms with Crippen LogP contribution in [0.1, 0.15) is 20.7 Å². The van der Waals surface area contributed by atoms with E-state index >= 15 is 0 Å². The number of hydrogen-bond acceptors (Lipinski definition) is 7. The first kappa shape index (κ1) is 31.3. The summed E-state index contributed by atoms with van der Waals surface area (Å²) in [6.07, 6.45) is 1.08. The summed E-state index contributed by atoms with van der Waals surface area (Å²) in [6.45, 7) is 10.7. The van der Waals surface area contributed by atoms with Crippen molar-refractivity contribution in [1.82, 2.24) is 0 Å². The van der Waals surface area contributed by atoms with Crippen LogP contribution < -0.4 is 14.2 Å². The van der Waals surface area contributed by atoms with Gasteiger partial charge in [-0.05, 0) is 57.9 Å². The smallest absolute Gasteiger partial charge is 0.343 e. The summed E-state index contributed by atoms with van der Waals surface area (Å²) in [5.74, 6) is -0.691. The third kappa shape index (κ3) is 6.76. The molecule has 0 atom stereocenters. The molecule has 0 spiro atoms. The fourth-order valence-electron chi connectivity index (χ4n) is 5.23. The molecule has 0 aliphatic rings. The molecule has 0 bridgehead atoms. The molecule has 8 nitrogen and oxygen atoms in total. The largest absolute Gasteiger partial charge is 0.490 e. The molecule has 0 N–H and O–H groups in total. The molecule has 0 amide bonds. The van der Waals surface area contributed by atoms with Crippen LogP contribution in [-0.2, 0) is 9.53 Å². The van der Waals surface area contributed by atoms with Crippen molar-refractivity contribution in [2.75, 3.05) is 13.2 Å². The van der Waals surface area contributed by atoms with Gasteiger partial charge in [0.2, 0.25) is 0 Å². The summed E-state index contributed by atoms with van der Waals surface area (Å²) in [5, 5.41) is 3.38. The van der Waals surface area contributed by atoms with Gasteiger partial charge in [0.25, 0.3) is 0 Å². The molecule has 0 heterocycles. The number of esters is 3. The van der Waals surface area contributed by atoms with Gasteiger partial charge in [-0.25, -0.2) is 19.2 Å². The van der Waals surface area contributed by atoms with Gasteiger partial charge < -0.3 is 18.9 Å². The fourth-order valence-corrected chi connectivity index (χ4v) is 5.23. The van der Waals surface area contributed by atoms with E-state index < -0.39 is 17.9 Å². The van der Waals surface area contributed by atoms with E-state index in [0.29, 0.717) is 22.6 Å². The maximum Gasteiger partial charge on any atom is 0.343 e. The highest BCUT2D eigenvalue weighted by atomic mass is 16.6. The quantitative estimate of drug-likeness (QED) is 0.0490. The second-order valence-electron chi connectivity index (χ2n) is 10.5. The number of carbonyl (C=O) groups is 3. The maximum absolute atomic E-state index is 13.5. The molecule has 0 saturated carbocycles. The van der Waals surface area contributed by atoms with Gasteiger partial charge >= 0.3 is 17.9 Å². The highest BCUT2D eigenvalue weighted by Crippen LogP contribution is 2.46. The van der Waals surface area contributed by atoms with Crippen molar-refractivity contribution >= 4 is 45.1 Å². The monoisotopic (exact) mass is 633 g/mol. The molecule has 0 aliphatic carbocycles. The van der Waals surface area contributed by atoms with Crippen LogP contribution >= 0.6 is 0 Å². The van der Waals surface area contributed by atoms with Crippen molar-refractivity contribution in [2.24, 2.45) is 0 Å². The Balaban J connectivity index is 1.37. The molecule has 234 valence electrons.